The van der Waals surface area contributed by atoms with Gasteiger partial charge in [-0.3, -0.25) is 9.59 Å². The monoisotopic (exact) mass is 299 g/mol. The normalized spacial score (nSPS) is 13.0. The molecule has 1 aromatic rings. The van der Waals surface area contributed by atoms with E-state index in [-0.39, 0.29) is 5.75 Å². The van der Waals surface area contributed by atoms with Gasteiger partial charge in [0.2, 0.25) is 0 Å². The van der Waals surface area contributed by atoms with Gasteiger partial charge >= 0.3 is 11.9 Å². The van der Waals surface area contributed by atoms with Crippen LogP contribution in [-0.2, 0) is 14.4 Å². The van der Waals surface area contributed by atoms with E-state index in [1.807, 2.05) is 5.32 Å². The Kier molecular flexibility index (Phi) is 5.65. The number of halogens is 1. The minimum absolute atomic E-state index is 0.162. The van der Waals surface area contributed by atoms with Gasteiger partial charge in [-0.1, -0.05) is 12.1 Å². The van der Waals surface area contributed by atoms with Gasteiger partial charge in [-0.05, 0) is 19.1 Å². The molecular formula is C13H14FNO6. The second kappa shape index (κ2) is 7.22. The average molecular weight is 299 g/mol. The standard InChI is InChI=1S/C13H14FNO6/c1-7(21-10-5-3-2-4-8(10)14)12(18)15-9(13(19)20)6-11(16)17/h2-5,7,9H,6H2,1H3,(H,15,18)(H,16,17)(H,19,20). The lowest BCUT2D eigenvalue weighted by atomic mass is 10.2. The number of benzene rings is 1. The Balaban J connectivity index is 2.67. The predicted molar refractivity (Wildman–Crippen MR) is 68.3 cm³/mol. The maximum Gasteiger partial charge on any atom is 0.326 e. The highest BCUT2D eigenvalue weighted by molar-refractivity contribution is 5.88. The first-order valence-electron chi connectivity index (χ1n) is 5.97. The number of hydrogen-bond acceptors (Lipinski definition) is 4. The zero-order valence-corrected chi connectivity index (χ0v) is 11.1. The molecule has 1 aromatic carbocycles. The van der Waals surface area contributed by atoms with Crippen LogP contribution in [0.2, 0.25) is 0 Å². The minimum atomic E-state index is -1.58. The molecule has 2 unspecified atom stereocenters. The Morgan fingerprint density at radius 2 is 1.90 bits per heavy atom. The molecule has 0 aliphatic carbocycles. The molecule has 0 spiro atoms. The largest absolute Gasteiger partial charge is 0.481 e. The number of carboxylic acids is 2. The Bertz CT molecular complexity index is 547. The first-order chi connectivity index (χ1) is 9.81. The van der Waals surface area contributed by atoms with Crippen molar-refractivity contribution in [3.8, 4) is 5.75 Å². The fourth-order valence-electron chi connectivity index (χ4n) is 1.45. The van der Waals surface area contributed by atoms with E-state index in [1.54, 1.807) is 0 Å². The number of amides is 1. The number of aliphatic carboxylic acids is 2. The highest BCUT2D eigenvalue weighted by Gasteiger charge is 2.26. The smallest absolute Gasteiger partial charge is 0.326 e. The van der Waals surface area contributed by atoms with E-state index in [0.29, 0.717) is 0 Å². The van der Waals surface area contributed by atoms with Gasteiger partial charge in [0.15, 0.2) is 17.7 Å². The number of para-hydroxylation sites is 1. The number of ether oxygens (including phenoxy) is 1. The van der Waals surface area contributed by atoms with Gasteiger partial charge in [0.1, 0.15) is 6.04 Å². The third-order valence-electron chi connectivity index (χ3n) is 2.50. The molecule has 1 rings (SSSR count). The molecule has 0 fully saturated rings. The Morgan fingerprint density at radius 3 is 2.43 bits per heavy atom. The molecule has 2 atom stereocenters. The zero-order valence-electron chi connectivity index (χ0n) is 11.1. The van der Waals surface area contributed by atoms with Gasteiger partial charge in [-0.15, -0.1) is 0 Å². The van der Waals surface area contributed by atoms with Gasteiger partial charge in [-0.25, -0.2) is 9.18 Å². The second-order valence-corrected chi connectivity index (χ2v) is 4.19. The van der Waals surface area contributed by atoms with Crippen molar-refractivity contribution in [1.82, 2.24) is 5.32 Å². The summed E-state index contributed by atoms with van der Waals surface area (Å²) in [7, 11) is 0. The minimum Gasteiger partial charge on any atom is -0.481 e. The molecule has 1 amide bonds. The van der Waals surface area contributed by atoms with Gasteiger partial charge in [0.25, 0.3) is 5.91 Å². The van der Waals surface area contributed by atoms with Crippen molar-refractivity contribution in [2.45, 2.75) is 25.5 Å². The summed E-state index contributed by atoms with van der Waals surface area (Å²) in [6.45, 7) is 1.29. The molecule has 0 bridgehead atoms. The number of rotatable bonds is 7. The summed E-state index contributed by atoms with van der Waals surface area (Å²) in [5, 5.41) is 19.4. The Labute approximate surface area is 119 Å². The van der Waals surface area contributed by atoms with E-state index >= 15 is 0 Å². The van der Waals surface area contributed by atoms with Crippen molar-refractivity contribution >= 4 is 17.8 Å². The van der Waals surface area contributed by atoms with Crippen molar-refractivity contribution in [2.24, 2.45) is 0 Å². The maximum atomic E-state index is 13.3. The molecule has 8 heteroatoms. The molecule has 3 N–H and O–H groups in total. The van der Waals surface area contributed by atoms with Gasteiger partial charge in [-0.2, -0.15) is 0 Å². The van der Waals surface area contributed by atoms with Crippen LogP contribution < -0.4 is 10.1 Å². The first kappa shape index (κ1) is 16.4. The van der Waals surface area contributed by atoms with Crippen LogP contribution in [0.3, 0.4) is 0 Å². The van der Waals surface area contributed by atoms with Crippen molar-refractivity contribution in [2.75, 3.05) is 0 Å². The van der Waals surface area contributed by atoms with Crippen LogP contribution in [0.4, 0.5) is 4.39 Å². The molecule has 0 saturated carbocycles. The number of carbonyl (C=O) groups excluding carboxylic acids is 1. The summed E-state index contributed by atoms with van der Waals surface area (Å²) in [4.78, 5) is 33.1. The summed E-state index contributed by atoms with van der Waals surface area (Å²) in [6, 6.07) is 3.82. The summed E-state index contributed by atoms with van der Waals surface area (Å²) in [5.41, 5.74) is 0. The molecule has 0 saturated heterocycles. The highest BCUT2D eigenvalue weighted by atomic mass is 19.1. The molecule has 7 nitrogen and oxygen atoms in total. The molecule has 0 aliphatic heterocycles. The number of carboxylic acid groups (broad SMARTS) is 2. The third kappa shape index (κ3) is 5.09. The van der Waals surface area contributed by atoms with Crippen molar-refractivity contribution in [3.63, 3.8) is 0 Å². The van der Waals surface area contributed by atoms with Crippen LogP contribution in [0.1, 0.15) is 13.3 Å². The Morgan fingerprint density at radius 1 is 1.29 bits per heavy atom. The molecule has 114 valence electrons. The summed E-state index contributed by atoms with van der Waals surface area (Å²) in [5.74, 6) is -4.54. The van der Waals surface area contributed by atoms with E-state index in [0.717, 1.165) is 6.07 Å². The topological polar surface area (TPSA) is 113 Å². The number of nitrogens with one attached hydrogen (secondary N) is 1. The molecule has 0 aliphatic rings. The van der Waals surface area contributed by atoms with E-state index in [2.05, 4.69) is 0 Å². The first-order valence-corrected chi connectivity index (χ1v) is 5.97. The fourth-order valence-corrected chi connectivity index (χ4v) is 1.45. The molecule has 0 aromatic heterocycles. The van der Waals surface area contributed by atoms with Gasteiger partial charge in [0.05, 0.1) is 6.42 Å². The van der Waals surface area contributed by atoms with Crippen LogP contribution in [-0.4, -0.2) is 40.2 Å². The van der Waals surface area contributed by atoms with Gasteiger partial charge < -0.3 is 20.3 Å². The molecule has 21 heavy (non-hydrogen) atoms. The van der Waals surface area contributed by atoms with Crippen molar-refractivity contribution in [1.29, 1.82) is 0 Å². The summed E-state index contributed by atoms with van der Waals surface area (Å²) < 4.78 is 18.4. The third-order valence-corrected chi connectivity index (χ3v) is 2.50. The van der Waals surface area contributed by atoms with Crippen LogP contribution in [0.25, 0.3) is 0 Å². The maximum absolute atomic E-state index is 13.3. The van der Waals surface area contributed by atoms with E-state index in [1.165, 1.54) is 25.1 Å². The number of carbonyl (C=O) groups is 3. The summed E-state index contributed by atoms with van der Waals surface area (Å²) in [6.07, 6.45) is -1.95. The van der Waals surface area contributed by atoms with Crippen LogP contribution in [0, 0.1) is 5.82 Å². The SMILES string of the molecule is CC(Oc1ccccc1F)C(=O)NC(CC(=O)O)C(=O)O. The molecular weight excluding hydrogens is 285 g/mol. The van der Waals surface area contributed by atoms with Crippen LogP contribution in [0.5, 0.6) is 5.75 Å². The molecule has 0 radical (unpaired) electrons. The predicted octanol–water partition coefficient (Wildman–Crippen LogP) is 0.637. The van der Waals surface area contributed by atoms with Crippen LogP contribution >= 0.6 is 0 Å². The van der Waals surface area contributed by atoms with Gasteiger partial charge in [0, 0.05) is 0 Å². The lowest BCUT2D eigenvalue weighted by molar-refractivity contribution is -0.147. The second-order valence-electron chi connectivity index (χ2n) is 4.19. The van der Waals surface area contributed by atoms with E-state index < -0.39 is 42.2 Å². The Hall–Kier alpha value is -2.64. The summed E-state index contributed by atoms with van der Waals surface area (Å²) >= 11 is 0. The fraction of sp³-hybridized carbons (Fsp3) is 0.308. The lowest BCUT2D eigenvalue weighted by Gasteiger charge is -2.18. The van der Waals surface area contributed by atoms with E-state index in [9.17, 15) is 18.8 Å². The highest BCUT2D eigenvalue weighted by Crippen LogP contribution is 2.17. The number of hydrogen-bond donors (Lipinski definition) is 3. The van der Waals surface area contributed by atoms with E-state index in [4.69, 9.17) is 14.9 Å². The quantitative estimate of drug-likeness (QED) is 0.681. The van der Waals surface area contributed by atoms with Crippen molar-refractivity contribution < 1.29 is 33.7 Å². The van der Waals surface area contributed by atoms with Crippen LogP contribution in [0.15, 0.2) is 24.3 Å². The average Bonchev–Trinajstić information content (AvgIpc) is 2.39. The molecule has 0 heterocycles. The van der Waals surface area contributed by atoms with Crippen molar-refractivity contribution in [3.05, 3.63) is 30.1 Å². The lowest BCUT2D eigenvalue weighted by Crippen LogP contribution is -2.47. The zero-order chi connectivity index (χ0) is 16.0.